The molecule has 6 nitrogen and oxygen atoms in total. The van der Waals surface area contributed by atoms with Gasteiger partial charge in [0.2, 0.25) is 0 Å². The zero-order valence-electron chi connectivity index (χ0n) is 24.0. The van der Waals surface area contributed by atoms with Crippen LogP contribution in [0.25, 0.3) is 17.2 Å². The lowest BCUT2D eigenvalue weighted by Crippen LogP contribution is -2.30. The molecular formula is C37H30N2O4S. The van der Waals surface area contributed by atoms with Gasteiger partial charge in [-0.05, 0) is 53.6 Å². The maximum Gasteiger partial charge on any atom is 0.272 e. The summed E-state index contributed by atoms with van der Waals surface area (Å²) in [6.07, 6.45) is 1.58. The number of carbonyl (C=O) groups excluding carboxylic acids is 3. The first-order valence-electron chi connectivity index (χ1n) is 13.9. The number of ketones is 1. The van der Waals surface area contributed by atoms with Crippen molar-refractivity contribution >= 4 is 41.1 Å². The van der Waals surface area contributed by atoms with Crippen LogP contribution in [-0.4, -0.2) is 30.5 Å². The number of Topliss-reactive ketones (excluding diaryl/α,β-unsaturated/α-hetero) is 1. The molecule has 0 atom stereocenters. The van der Waals surface area contributed by atoms with Crippen LogP contribution in [-0.2, 0) is 4.79 Å². The molecule has 0 saturated carbocycles. The Morgan fingerprint density at radius 3 is 2.09 bits per heavy atom. The summed E-state index contributed by atoms with van der Waals surface area (Å²) in [6, 6.07) is 40.8. The van der Waals surface area contributed by atoms with Crippen molar-refractivity contribution in [3.8, 4) is 16.9 Å². The summed E-state index contributed by atoms with van der Waals surface area (Å²) in [4.78, 5) is 40.2. The molecule has 218 valence electrons. The van der Waals surface area contributed by atoms with Gasteiger partial charge in [0.1, 0.15) is 11.4 Å². The van der Waals surface area contributed by atoms with Gasteiger partial charge < -0.3 is 15.4 Å². The van der Waals surface area contributed by atoms with Crippen LogP contribution >= 0.6 is 11.8 Å². The number of rotatable bonds is 11. The van der Waals surface area contributed by atoms with Crippen LogP contribution in [0.1, 0.15) is 26.3 Å². The molecule has 5 aromatic carbocycles. The standard InChI is InChI=1S/C37H30N2O4S/c1-43-35-18-9-8-15-30(35)23-33(39-36(41)29-13-6-3-7-14-29)37(42)38-31-16-10-17-32(24-31)44-25-34(40)28-21-19-27(20-22-28)26-11-4-2-5-12-26/h2-24H,25H2,1H3,(H,38,42)(H,39,41)/b33-23-. The number of amides is 2. The molecule has 0 bridgehead atoms. The van der Waals surface area contributed by atoms with E-state index >= 15 is 0 Å². The van der Waals surface area contributed by atoms with Gasteiger partial charge in [0.15, 0.2) is 5.78 Å². The lowest BCUT2D eigenvalue weighted by Gasteiger charge is -2.13. The Bertz CT molecular complexity index is 1790. The van der Waals surface area contributed by atoms with Gasteiger partial charge in [-0.15, -0.1) is 11.8 Å². The molecule has 5 rings (SSSR count). The maximum atomic E-state index is 13.5. The van der Waals surface area contributed by atoms with E-state index in [2.05, 4.69) is 10.6 Å². The highest BCUT2D eigenvalue weighted by molar-refractivity contribution is 8.00. The van der Waals surface area contributed by atoms with Gasteiger partial charge in [-0.1, -0.05) is 97.1 Å². The Morgan fingerprint density at radius 1 is 0.705 bits per heavy atom. The van der Waals surface area contributed by atoms with E-state index in [0.29, 0.717) is 28.1 Å². The van der Waals surface area contributed by atoms with E-state index in [9.17, 15) is 14.4 Å². The lowest BCUT2D eigenvalue weighted by molar-refractivity contribution is -0.113. The predicted octanol–water partition coefficient (Wildman–Crippen LogP) is 7.75. The zero-order chi connectivity index (χ0) is 30.7. The molecule has 5 aromatic rings. The van der Waals surface area contributed by atoms with E-state index in [1.54, 1.807) is 61.7 Å². The van der Waals surface area contributed by atoms with E-state index in [-0.39, 0.29) is 17.2 Å². The van der Waals surface area contributed by atoms with E-state index < -0.39 is 11.8 Å². The van der Waals surface area contributed by atoms with Crippen molar-refractivity contribution in [2.45, 2.75) is 4.90 Å². The number of benzene rings is 5. The second-order valence-corrected chi connectivity index (χ2v) is 10.8. The van der Waals surface area contributed by atoms with Crippen LogP contribution in [0.2, 0.25) is 0 Å². The highest BCUT2D eigenvalue weighted by Gasteiger charge is 2.16. The summed E-state index contributed by atoms with van der Waals surface area (Å²) in [6.45, 7) is 0. The summed E-state index contributed by atoms with van der Waals surface area (Å²) in [5.74, 6) is -0.105. The maximum absolute atomic E-state index is 13.5. The third-order valence-corrected chi connectivity index (χ3v) is 7.74. The number of hydrogen-bond acceptors (Lipinski definition) is 5. The van der Waals surface area contributed by atoms with Crippen molar-refractivity contribution in [2.75, 3.05) is 18.2 Å². The predicted molar refractivity (Wildman–Crippen MR) is 177 cm³/mol. The van der Waals surface area contributed by atoms with Crippen LogP contribution in [0.5, 0.6) is 5.75 Å². The molecule has 0 saturated heterocycles. The van der Waals surface area contributed by atoms with Crippen LogP contribution < -0.4 is 15.4 Å². The Labute approximate surface area is 260 Å². The second-order valence-electron chi connectivity index (χ2n) is 9.76. The summed E-state index contributed by atoms with van der Waals surface area (Å²) in [5.41, 5.74) is 4.42. The first-order valence-corrected chi connectivity index (χ1v) is 14.9. The molecule has 0 spiro atoms. The number of ether oxygens (including phenoxy) is 1. The molecule has 2 N–H and O–H groups in total. The Kier molecular flexibility index (Phi) is 10.0. The summed E-state index contributed by atoms with van der Waals surface area (Å²) >= 11 is 1.39. The number of hydrogen-bond donors (Lipinski definition) is 2. The molecule has 0 fully saturated rings. The monoisotopic (exact) mass is 598 g/mol. The number of anilines is 1. The topological polar surface area (TPSA) is 84.5 Å². The highest BCUT2D eigenvalue weighted by atomic mass is 32.2. The van der Waals surface area contributed by atoms with Crippen molar-refractivity contribution in [1.29, 1.82) is 0 Å². The van der Waals surface area contributed by atoms with Gasteiger partial charge in [-0.2, -0.15) is 0 Å². The number of thioether (sulfide) groups is 1. The Balaban J connectivity index is 1.27. The molecule has 0 unspecified atom stereocenters. The largest absolute Gasteiger partial charge is 0.496 e. The van der Waals surface area contributed by atoms with E-state index in [1.807, 2.05) is 84.9 Å². The minimum absolute atomic E-state index is 0.00898. The number of para-hydroxylation sites is 1. The molecule has 0 radical (unpaired) electrons. The molecule has 0 aliphatic rings. The minimum atomic E-state index is -0.503. The number of carbonyl (C=O) groups is 3. The third kappa shape index (κ3) is 7.91. The van der Waals surface area contributed by atoms with E-state index in [1.165, 1.54) is 11.8 Å². The minimum Gasteiger partial charge on any atom is -0.496 e. The molecule has 7 heteroatoms. The fourth-order valence-electron chi connectivity index (χ4n) is 4.46. The normalized spacial score (nSPS) is 11.0. The molecule has 0 aliphatic carbocycles. The molecule has 0 heterocycles. The van der Waals surface area contributed by atoms with Gasteiger partial charge in [0, 0.05) is 27.3 Å². The molecule has 44 heavy (non-hydrogen) atoms. The van der Waals surface area contributed by atoms with Crippen molar-refractivity contribution in [2.24, 2.45) is 0 Å². The van der Waals surface area contributed by atoms with E-state index in [0.717, 1.165) is 16.0 Å². The summed E-state index contributed by atoms with van der Waals surface area (Å²) in [5, 5.41) is 5.62. The van der Waals surface area contributed by atoms with Crippen LogP contribution in [0, 0.1) is 0 Å². The average Bonchev–Trinajstić information content (AvgIpc) is 3.08. The fourth-order valence-corrected chi connectivity index (χ4v) is 5.31. The van der Waals surface area contributed by atoms with E-state index in [4.69, 9.17) is 4.74 Å². The van der Waals surface area contributed by atoms with Gasteiger partial charge in [0.05, 0.1) is 12.9 Å². The highest BCUT2D eigenvalue weighted by Crippen LogP contribution is 2.25. The lowest BCUT2D eigenvalue weighted by atomic mass is 10.0. The van der Waals surface area contributed by atoms with Gasteiger partial charge in [-0.3, -0.25) is 14.4 Å². The number of methoxy groups -OCH3 is 1. The van der Waals surface area contributed by atoms with Gasteiger partial charge in [-0.25, -0.2) is 0 Å². The van der Waals surface area contributed by atoms with Crippen LogP contribution in [0.4, 0.5) is 5.69 Å². The van der Waals surface area contributed by atoms with Crippen LogP contribution in [0.15, 0.2) is 144 Å². The third-order valence-electron chi connectivity index (χ3n) is 6.74. The first-order chi connectivity index (χ1) is 21.5. The molecule has 0 aromatic heterocycles. The summed E-state index contributed by atoms with van der Waals surface area (Å²) < 4.78 is 5.43. The average molecular weight is 599 g/mol. The van der Waals surface area contributed by atoms with Crippen LogP contribution in [0.3, 0.4) is 0 Å². The van der Waals surface area contributed by atoms with Crippen molar-refractivity contribution in [3.63, 3.8) is 0 Å². The SMILES string of the molecule is COc1ccccc1/C=C(\NC(=O)c1ccccc1)C(=O)Nc1cccc(SCC(=O)c2ccc(-c3ccccc3)cc2)c1. The molecular weight excluding hydrogens is 568 g/mol. The second kappa shape index (κ2) is 14.7. The Morgan fingerprint density at radius 2 is 1.36 bits per heavy atom. The smallest absolute Gasteiger partial charge is 0.272 e. The quantitative estimate of drug-likeness (QED) is 0.0923. The zero-order valence-corrected chi connectivity index (χ0v) is 24.8. The molecule has 2 amide bonds. The van der Waals surface area contributed by atoms with Crippen molar-refractivity contribution in [3.05, 3.63) is 156 Å². The summed E-state index contributed by atoms with van der Waals surface area (Å²) in [7, 11) is 1.54. The van der Waals surface area contributed by atoms with Gasteiger partial charge in [0.25, 0.3) is 11.8 Å². The molecule has 0 aliphatic heterocycles. The first kappa shape index (κ1) is 30.1. The van der Waals surface area contributed by atoms with Crippen molar-refractivity contribution in [1.82, 2.24) is 5.32 Å². The Hall–Kier alpha value is -5.40. The van der Waals surface area contributed by atoms with Crippen molar-refractivity contribution < 1.29 is 19.1 Å². The number of nitrogens with one attached hydrogen (secondary N) is 2. The van der Waals surface area contributed by atoms with Gasteiger partial charge >= 0.3 is 0 Å². The fraction of sp³-hybridized carbons (Fsp3) is 0.0541.